The summed E-state index contributed by atoms with van der Waals surface area (Å²) < 4.78 is 33.2. The van der Waals surface area contributed by atoms with E-state index in [-0.39, 0.29) is 27.9 Å². The summed E-state index contributed by atoms with van der Waals surface area (Å²) in [5, 5.41) is 3.09. The number of hydrogen-bond donors (Lipinski definition) is 2. The molecule has 4 rings (SSSR count). The van der Waals surface area contributed by atoms with E-state index in [9.17, 15) is 18.0 Å². The first kappa shape index (κ1) is 25.9. The van der Waals surface area contributed by atoms with Crippen LogP contribution in [0.25, 0.3) is 11.4 Å². The number of anilines is 1. The summed E-state index contributed by atoms with van der Waals surface area (Å²) in [7, 11) is -3.84. The van der Waals surface area contributed by atoms with Crippen molar-refractivity contribution in [3.05, 3.63) is 69.6 Å². The largest absolute Gasteiger partial charge is 0.492 e. The number of aromatic nitrogens is 2. The third kappa shape index (κ3) is 5.77. The van der Waals surface area contributed by atoms with Gasteiger partial charge in [-0.05, 0) is 57.0 Å². The average Bonchev–Trinajstić information content (AvgIpc) is 2.85. The molecule has 0 unspecified atom stereocenters. The fourth-order valence-corrected chi connectivity index (χ4v) is 5.99. The van der Waals surface area contributed by atoms with Crippen LogP contribution in [0.1, 0.15) is 25.5 Å². The summed E-state index contributed by atoms with van der Waals surface area (Å²) in [6.45, 7) is 4.34. The van der Waals surface area contributed by atoms with Crippen LogP contribution in [-0.2, 0) is 14.8 Å². The molecule has 1 amide bonds. The summed E-state index contributed by atoms with van der Waals surface area (Å²) in [5.74, 6) is 0.0240. The number of hydrogen-bond acceptors (Lipinski definition) is 6. The lowest BCUT2D eigenvalue weighted by Crippen LogP contribution is -2.43. The van der Waals surface area contributed by atoms with Crippen LogP contribution in [-0.4, -0.2) is 48.3 Å². The van der Waals surface area contributed by atoms with Crippen molar-refractivity contribution in [1.29, 1.82) is 0 Å². The van der Waals surface area contributed by atoms with Gasteiger partial charge in [-0.1, -0.05) is 23.7 Å². The van der Waals surface area contributed by atoms with Crippen molar-refractivity contribution in [2.45, 2.75) is 31.6 Å². The van der Waals surface area contributed by atoms with Crippen LogP contribution in [0.2, 0.25) is 5.02 Å². The zero-order chi connectivity index (χ0) is 25.9. The predicted molar refractivity (Wildman–Crippen MR) is 138 cm³/mol. The number of ether oxygens (including phenoxy) is 1. The minimum atomic E-state index is -3.84. The smallest absolute Gasteiger partial charge is 0.251 e. The van der Waals surface area contributed by atoms with Crippen LogP contribution in [0.4, 0.5) is 5.69 Å². The summed E-state index contributed by atoms with van der Waals surface area (Å²) in [5.41, 5.74) is 1.50. The van der Waals surface area contributed by atoms with E-state index in [1.807, 2.05) is 6.92 Å². The average molecular weight is 531 g/mol. The van der Waals surface area contributed by atoms with Crippen LogP contribution >= 0.6 is 11.6 Å². The van der Waals surface area contributed by atoms with E-state index in [0.29, 0.717) is 54.5 Å². The molecule has 2 aromatic carbocycles. The number of amides is 1. The molecule has 1 fully saturated rings. The number of sulfonamides is 1. The third-order valence-corrected chi connectivity index (χ3v) is 8.03. The number of carbonyl (C=O) groups is 1. The molecule has 3 aromatic rings. The highest BCUT2D eigenvalue weighted by Crippen LogP contribution is 2.31. The highest BCUT2D eigenvalue weighted by atomic mass is 35.5. The second-order valence-electron chi connectivity index (χ2n) is 8.53. The molecule has 36 heavy (non-hydrogen) atoms. The minimum absolute atomic E-state index is 0.0596. The Labute approximate surface area is 214 Å². The highest BCUT2D eigenvalue weighted by molar-refractivity contribution is 7.89. The number of benzene rings is 2. The Hall–Kier alpha value is -3.21. The van der Waals surface area contributed by atoms with Crippen LogP contribution in [0, 0.1) is 12.8 Å². The van der Waals surface area contributed by atoms with Gasteiger partial charge in [0.25, 0.3) is 5.56 Å². The van der Waals surface area contributed by atoms with Crippen LogP contribution < -0.4 is 15.6 Å². The minimum Gasteiger partial charge on any atom is -0.492 e. The molecule has 0 bridgehead atoms. The number of piperidine rings is 1. The number of carbonyl (C=O) groups excluding carboxylic acids is 1. The second-order valence-corrected chi connectivity index (χ2v) is 10.9. The normalized spacial score (nSPS) is 16.5. The lowest BCUT2D eigenvalue weighted by Gasteiger charge is -2.31. The molecule has 0 saturated carbocycles. The van der Waals surface area contributed by atoms with Crippen molar-refractivity contribution in [3.63, 3.8) is 0 Å². The molecule has 1 aromatic heterocycles. The van der Waals surface area contributed by atoms with Crippen molar-refractivity contribution < 1.29 is 17.9 Å². The number of aryl methyl sites for hydroxylation is 1. The van der Waals surface area contributed by atoms with Gasteiger partial charge in [-0.15, -0.1) is 0 Å². The number of halogens is 1. The number of nitrogens with one attached hydrogen (secondary N) is 2. The molecule has 0 aliphatic carbocycles. The van der Waals surface area contributed by atoms with Gasteiger partial charge in [0, 0.05) is 36.1 Å². The maximum absolute atomic E-state index is 13.3. The van der Waals surface area contributed by atoms with Gasteiger partial charge in [-0.25, -0.2) is 13.4 Å². The third-order valence-electron chi connectivity index (χ3n) is 5.87. The zero-order valence-corrected chi connectivity index (χ0v) is 21.5. The molecule has 11 heteroatoms. The Morgan fingerprint density at radius 2 is 2.06 bits per heavy atom. The molecule has 0 radical (unpaired) electrons. The fourth-order valence-electron chi connectivity index (χ4n) is 4.14. The molecular formula is C25H27ClN4O5S. The molecule has 0 spiro atoms. The van der Waals surface area contributed by atoms with Gasteiger partial charge in [-0.3, -0.25) is 9.59 Å². The molecule has 9 nitrogen and oxygen atoms in total. The summed E-state index contributed by atoms with van der Waals surface area (Å²) in [6, 6.07) is 12.8. The maximum Gasteiger partial charge on any atom is 0.251 e. The first-order chi connectivity index (χ1) is 17.2. The number of nitrogens with zero attached hydrogens (tertiary/aromatic N) is 2. The van der Waals surface area contributed by atoms with E-state index >= 15 is 0 Å². The Morgan fingerprint density at radius 3 is 2.78 bits per heavy atom. The lowest BCUT2D eigenvalue weighted by atomic mass is 9.98. The van der Waals surface area contributed by atoms with E-state index in [4.69, 9.17) is 16.3 Å². The Balaban J connectivity index is 1.48. The van der Waals surface area contributed by atoms with Gasteiger partial charge in [0.2, 0.25) is 15.9 Å². The quantitative estimate of drug-likeness (QED) is 0.478. The standard InChI is InChI=1S/C25H27ClN4O5S/c1-3-35-22-10-9-20(14-21(22)26)36(33,34)30-11-5-7-18(15-30)25(32)28-19-8-4-6-17(13-19)24-27-16(2)12-23(31)29-24/h4,6,8-10,12-14,18H,3,5,7,11,15H2,1-2H3,(H,28,32)(H,27,29,31)/t18-/m0/s1. The van der Waals surface area contributed by atoms with Crippen LogP contribution in [0.3, 0.4) is 0 Å². The molecule has 2 N–H and O–H groups in total. The monoisotopic (exact) mass is 530 g/mol. The molecule has 2 heterocycles. The molecule has 1 aliphatic rings. The van der Waals surface area contributed by atoms with E-state index in [0.717, 1.165) is 0 Å². The van der Waals surface area contributed by atoms with Crippen molar-refractivity contribution >= 4 is 33.2 Å². The molecular weight excluding hydrogens is 504 g/mol. The van der Waals surface area contributed by atoms with Crippen molar-refractivity contribution in [3.8, 4) is 17.1 Å². The summed E-state index contributed by atoms with van der Waals surface area (Å²) in [4.78, 5) is 32.0. The van der Waals surface area contributed by atoms with Crippen LogP contribution in [0.15, 0.2) is 58.2 Å². The SMILES string of the molecule is CCOc1ccc(S(=O)(=O)N2CCC[C@H](C(=O)Nc3cccc(-c4nc(C)cc(=O)[nH]4)c3)C2)cc1Cl. The lowest BCUT2D eigenvalue weighted by molar-refractivity contribution is -0.120. The molecule has 1 aliphatic heterocycles. The van der Waals surface area contributed by atoms with Gasteiger partial charge in [0.15, 0.2) is 0 Å². The van der Waals surface area contributed by atoms with Gasteiger partial charge < -0.3 is 15.0 Å². The molecule has 1 atom stereocenters. The number of H-pyrrole nitrogens is 1. The first-order valence-corrected chi connectivity index (χ1v) is 13.4. The van der Waals surface area contributed by atoms with Gasteiger partial charge >= 0.3 is 0 Å². The van der Waals surface area contributed by atoms with E-state index in [1.54, 1.807) is 31.2 Å². The van der Waals surface area contributed by atoms with Crippen molar-refractivity contribution in [2.24, 2.45) is 5.92 Å². The van der Waals surface area contributed by atoms with Crippen molar-refractivity contribution in [2.75, 3.05) is 25.0 Å². The van der Waals surface area contributed by atoms with Gasteiger partial charge in [-0.2, -0.15) is 4.31 Å². The maximum atomic E-state index is 13.3. The summed E-state index contributed by atoms with van der Waals surface area (Å²) >= 11 is 6.20. The Kier molecular flexibility index (Phi) is 7.77. The fraction of sp³-hybridized carbons (Fsp3) is 0.320. The van der Waals surface area contributed by atoms with Crippen molar-refractivity contribution in [1.82, 2.24) is 14.3 Å². The zero-order valence-electron chi connectivity index (χ0n) is 20.0. The van der Waals surface area contributed by atoms with Crippen LogP contribution in [0.5, 0.6) is 5.75 Å². The molecule has 1 saturated heterocycles. The van der Waals surface area contributed by atoms with Gasteiger partial charge in [0.05, 0.1) is 22.4 Å². The number of rotatable bonds is 7. The molecule has 190 valence electrons. The van der Waals surface area contributed by atoms with E-state index < -0.39 is 15.9 Å². The highest BCUT2D eigenvalue weighted by Gasteiger charge is 2.33. The Morgan fingerprint density at radius 1 is 1.25 bits per heavy atom. The van der Waals surface area contributed by atoms with E-state index in [2.05, 4.69) is 15.3 Å². The Bertz CT molecular complexity index is 1440. The second kappa shape index (κ2) is 10.8. The first-order valence-electron chi connectivity index (χ1n) is 11.6. The number of aromatic amines is 1. The predicted octanol–water partition coefficient (Wildman–Crippen LogP) is 3.84. The summed E-state index contributed by atoms with van der Waals surface area (Å²) in [6.07, 6.45) is 1.12. The van der Waals surface area contributed by atoms with Gasteiger partial charge in [0.1, 0.15) is 11.6 Å². The topological polar surface area (TPSA) is 121 Å². The van der Waals surface area contributed by atoms with E-state index in [1.165, 1.54) is 28.6 Å².